The summed E-state index contributed by atoms with van der Waals surface area (Å²) in [5.74, 6) is -7.41. The van der Waals surface area contributed by atoms with E-state index in [2.05, 4.69) is 26.6 Å². The van der Waals surface area contributed by atoms with E-state index in [0.29, 0.717) is 45.2 Å². The number of hydrogen-bond donors (Lipinski definition) is 12. The van der Waals surface area contributed by atoms with Crippen LogP contribution in [0.5, 0.6) is 0 Å². The molecular formula is C27H50N10O10. The Morgan fingerprint density at radius 2 is 1.15 bits per heavy atom. The highest BCUT2D eigenvalue weighted by Crippen LogP contribution is 2.05. The van der Waals surface area contributed by atoms with E-state index < -0.39 is 103 Å². The minimum absolute atomic E-state index is 0.239. The molecule has 47 heavy (non-hydrogen) atoms. The van der Waals surface area contributed by atoms with Crippen molar-refractivity contribution in [2.75, 3.05) is 26.2 Å². The third-order valence-corrected chi connectivity index (χ3v) is 6.67. The fourth-order valence-electron chi connectivity index (χ4n) is 3.90. The Labute approximate surface area is 272 Å². The first-order valence-corrected chi connectivity index (χ1v) is 15.1. The molecule has 0 heterocycles. The molecule has 0 aliphatic carbocycles. The lowest BCUT2D eigenvalue weighted by atomic mass is 10.1. The number of carbonyl (C=O) groups excluding carboxylic acids is 7. The zero-order valence-corrected chi connectivity index (χ0v) is 26.7. The summed E-state index contributed by atoms with van der Waals surface area (Å²) in [5.41, 5.74) is 22.0. The molecule has 0 aromatic carbocycles. The van der Waals surface area contributed by atoms with Gasteiger partial charge in [-0.2, -0.15) is 0 Å². The van der Waals surface area contributed by atoms with Gasteiger partial charge >= 0.3 is 5.97 Å². The van der Waals surface area contributed by atoms with Crippen LogP contribution in [0, 0.1) is 0 Å². The Balaban J connectivity index is 5.10. The molecule has 20 nitrogen and oxygen atoms in total. The number of aliphatic hydroxyl groups is 1. The molecule has 0 saturated heterocycles. The minimum Gasteiger partial charge on any atom is -0.480 e. The maximum atomic E-state index is 13.0. The van der Waals surface area contributed by atoms with Crippen molar-refractivity contribution in [2.24, 2.45) is 22.9 Å². The quantitative estimate of drug-likeness (QED) is 0.0425. The van der Waals surface area contributed by atoms with Gasteiger partial charge in [-0.1, -0.05) is 6.42 Å². The molecule has 0 bridgehead atoms. The van der Waals surface area contributed by atoms with Crippen LogP contribution in [0.1, 0.15) is 58.8 Å². The van der Waals surface area contributed by atoms with Crippen LogP contribution in [0.25, 0.3) is 0 Å². The summed E-state index contributed by atoms with van der Waals surface area (Å²) in [6.07, 6.45) is 2.34. The predicted molar refractivity (Wildman–Crippen MR) is 166 cm³/mol. The Morgan fingerprint density at radius 1 is 0.638 bits per heavy atom. The third-order valence-electron chi connectivity index (χ3n) is 6.67. The molecule has 20 heteroatoms. The van der Waals surface area contributed by atoms with Crippen LogP contribution in [-0.4, -0.2) is 120 Å². The molecule has 0 rings (SSSR count). The van der Waals surface area contributed by atoms with Gasteiger partial charge in [0.15, 0.2) is 0 Å². The van der Waals surface area contributed by atoms with Gasteiger partial charge in [0.1, 0.15) is 30.2 Å². The van der Waals surface area contributed by atoms with Crippen molar-refractivity contribution >= 4 is 47.3 Å². The van der Waals surface area contributed by atoms with E-state index in [1.807, 2.05) is 5.32 Å². The van der Waals surface area contributed by atoms with E-state index in [9.17, 15) is 38.4 Å². The number of primary amides is 1. The molecular weight excluding hydrogens is 624 g/mol. The molecule has 0 aliphatic rings. The van der Waals surface area contributed by atoms with Crippen molar-refractivity contribution in [3.8, 4) is 0 Å². The second-order valence-electron chi connectivity index (χ2n) is 10.8. The van der Waals surface area contributed by atoms with Gasteiger partial charge in [-0.15, -0.1) is 0 Å². The van der Waals surface area contributed by atoms with Crippen LogP contribution >= 0.6 is 0 Å². The van der Waals surface area contributed by atoms with Gasteiger partial charge in [-0.3, -0.25) is 33.6 Å². The number of carbonyl (C=O) groups is 8. The van der Waals surface area contributed by atoms with E-state index in [1.165, 1.54) is 13.8 Å². The zero-order valence-electron chi connectivity index (χ0n) is 26.7. The van der Waals surface area contributed by atoms with Crippen molar-refractivity contribution in [3.63, 3.8) is 0 Å². The van der Waals surface area contributed by atoms with Crippen molar-refractivity contribution in [1.29, 1.82) is 0 Å². The van der Waals surface area contributed by atoms with Crippen LogP contribution in [0.4, 0.5) is 0 Å². The lowest BCUT2D eigenvalue weighted by Crippen LogP contribution is -2.57. The van der Waals surface area contributed by atoms with Crippen molar-refractivity contribution < 1.29 is 48.6 Å². The number of unbranched alkanes of at least 4 members (excludes halogenated alkanes) is 2. The molecule has 0 aromatic rings. The maximum absolute atomic E-state index is 13.0. The molecule has 268 valence electrons. The molecule has 0 fully saturated rings. The maximum Gasteiger partial charge on any atom is 0.328 e. The number of rotatable bonds is 24. The number of hydrogen-bond acceptors (Lipinski definition) is 12. The van der Waals surface area contributed by atoms with Crippen LogP contribution in [0.15, 0.2) is 0 Å². The lowest BCUT2D eigenvalue weighted by Gasteiger charge is -2.23. The van der Waals surface area contributed by atoms with Crippen LogP contribution in [-0.2, 0) is 38.4 Å². The van der Waals surface area contributed by atoms with Gasteiger partial charge < -0.3 is 65.0 Å². The summed E-state index contributed by atoms with van der Waals surface area (Å²) in [5, 5.41) is 31.8. The summed E-state index contributed by atoms with van der Waals surface area (Å²) in [6, 6.07) is -7.51. The Hall–Kier alpha value is -4.40. The Kier molecular flexibility index (Phi) is 20.8. The fraction of sp³-hybridized carbons (Fsp3) is 0.704. The second kappa shape index (κ2) is 23.0. The average molecular weight is 675 g/mol. The minimum atomic E-state index is -1.71. The summed E-state index contributed by atoms with van der Waals surface area (Å²) in [7, 11) is 0. The monoisotopic (exact) mass is 674 g/mol. The van der Waals surface area contributed by atoms with E-state index in [1.54, 1.807) is 0 Å². The van der Waals surface area contributed by atoms with Gasteiger partial charge in [0.2, 0.25) is 41.4 Å². The topological polar surface area (TPSA) is 353 Å². The highest BCUT2D eigenvalue weighted by molar-refractivity contribution is 5.96. The first-order chi connectivity index (χ1) is 22.1. The fourth-order valence-corrected chi connectivity index (χ4v) is 3.90. The molecule has 16 N–H and O–H groups in total. The van der Waals surface area contributed by atoms with Gasteiger partial charge in [-0.05, 0) is 59.0 Å². The number of nitrogens with two attached hydrogens (primary N) is 4. The lowest BCUT2D eigenvalue weighted by molar-refractivity contribution is -0.143. The molecule has 0 aromatic heterocycles. The third kappa shape index (κ3) is 17.8. The number of carboxylic acids is 1. The normalized spacial score (nSPS) is 14.6. The number of carboxylic acid groups (broad SMARTS) is 1. The molecule has 6 atom stereocenters. The molecule has 0 saturated carbocycles. The van der Waals surface area contributed by atoms with Gasteiger partial charge in [0.05, 0.1) is 25.6 Å². The number of aliphatic carboxylic acids is 1. The van der Waals surface area contributed by atoms with E-state index in [-0.39, 0.29) is 6.42 Å². The first-order valence-electron chi connectivity index (χ1n) is 15.1. The standard InChI is InChI=1S/C27H50N10O10/c1-14(22(41)32-12-21(40)35-18(11-20(31)39)26(45)37-19(13-38)27(46)47)33-23(42)15(2)34-25(44)17(8-4-6-10-29)36-24(43)16(30)7-3-5-9-28/h14-19,38H,3-13,28-30H2,1-2H3,(H2,31,39)(H,32,41)(H,33,42)(H,34,44)(H,35,40)(H,36,43)(H,37,45)(H,46,47)/t14-,15-,16-,17-,18-,19-/m0/s1. The summed E-state index contributed by atoms with van der Waals surface area (Å²) >= 11 is 0. The SMILES string of the molecule is C[C@H](NC(=O)[C@H](C)NC(=O)[C@H](CCCCN)NC(=O)[C@@H](N)CCCCN)C(=O)NCC(=O)N[C@@H](CC(N)=O)C(=O)N[C@@H](CO)C(=O)O. The summed E-state index contributed by atoms with van der Waals surface area (Å²) in [6.45, 7) is 1.82. The van der Waals surface area contributed by atoms with Gasteiger partial charge in [0.25, 0.3) is 0 Å². The van der Waals surface area contributed by atoms with Gasteiger partial charge in [0, 0.05) is 0 Å². The Bertz CT molecular complexity index is 1090. The van der Waals surface area contributed by atoms with Crippen LogP contribution in [0.3, 0.4) is 0 Å². The smallest absolute Gasteiger partial charge is 0.328 e. The molecule has 0 aliphatic heterocycles. The van der Waals surface area contributed by atoms with Crippen molar-refractivity contribution in [1.82, 2.24) is 31.9 Å². The van der Waals surface area contributed by atoms with Crippen LogP contribution < -0.4 is 54.8 Å². The molecule has 0 unspecified atom stereocenters. The first kappa shape index (κ1) is 42.6. The van der Waals surface area contributed by atoms with Crippen molar-refractivity contribution in [2.45, 2.75) is 95.0 Å². The van der Waals surface area contributed by atoms with Gasteiger partial charge in [-0.25, -0.2) is 4.79 Å². The van der Waals surface area contributed by atoms with E-state index in [4.69, 9.17) is 33.1 Å². The van der Waals surface area contributed by atoms with Crippen molar-refractivity contribution in [3.05, 3.63) is 0 Å². The van der Waals surface area contributed by atoms with Crippen LogP contribution in [0.2, 0.25) is 0 Å². The van der Waals surface area contributed by atoms with E-state index in [0.717, 1.165) is 0 Å². The highest BCUT2D eigenvalue weighted by atomic mass is 16.4. The summed E-state index contributed by atoms with van der Waals surface area (Å²) < 4.78 is 0. The molecule has 7 amide bonds. The second-order valence-corrected chi connectivity index (χ2v) is 10.8. The number of amides is 7. The average Bonchev–Trinajstić information content (AvgIpc) is 3.00. The predicted octanol–water partition coefficient (Wildman–Crippen LogP) is -5.90. The number of nitrogens with one attached hydrogen (secondary N) is 6. The highest BCUT2D eigenvalue weighted by Gasteiger charge is 2.29. The molecule has 0 radical (unpaired) electrons. The molecule has 0 spiro atoms. The largest absolute Gasteiger partial charge is 0.480 e. The van der Waals surface area contributed by atoms with E-state index >= 15 is 0 Å². The Morgan fingerprint density at radius 3 is 1.68 bits per heavy atom. The number of aliphatic hydroxyl groups excluding tert-OH is 1. The summed E-state index contributed by atoms with van der Waals surface area (Å²) in [4.78, 5) is 97.8. The zero-order chi connectivity index (χ0) is 36.1.